The number of nitrogens with one attached hydrogen (secondary N) is 1. The molecular formula is C43H30N4O. The molecule has 228 valence electrons. The van der Waals surface area contributed by atoms with E-state index in [0.29, 0.717) is 11.5 Å². The van der Waals surface area contributed by atoms with Crippen LogP contribution in [0.5, 0.6) is 5.75 Å². The van der Waals surface area contributed by atoms with Gasteiger partial charge in [-0.3, -0.25) is 4.98 Å². The van der Waals surface area contributed by atoms with Crippen molar-refractivity contribution in [2.45, 2.75) is 0 Å². The van der Waals surface area contributed by atoms with Gasteiger partial charge in [0.2, 0.25) is 0 Å². The lowest BCUT2D eigenvalue weighted by molar-refractivity contribution is 0.0742. The van der Waals surface area contributed by atoms with Crippen molar-refractivity contribution in [3.05, 3.63) is 175 Å². The number of rotatable bonds is 4. The fourth-order valence-electron chi connectivity index (χ4n) is 6.94. The predicted molar refractivity (Wildman–Crippen MR) is 198 cm³/mol. The quantitative estimate of drug-likeness (QED) is 0.200. The van der Waals surface area contributed by atoms with Gasteiger partial charge in [0, 0.05) is 35.6 Å². The van der Waals surface area contributed by atoms with Crippen LogP contribution >= 0.6 is 0 Å². The summed E-state index contributed by atoms with van der Waals surface area (Å²) in [4.78, 5) is 15.7. The second-order valence-electron chi connectivity index (χ2n) is 12.1. The molecule has 0 amide bonds. The molecule has 1 aromatic heterocycles. The van der Waals surface area contributed by atoms with Crippen LogP contribution in [0.1, 0.15) is 16.7 Å². The van der Waals surface area contributed by atoms with Crippen LogP contribution in [0, 0.1) is 0 Å². The first-order valence-electron chi connectivity index (χ1n) is 16.0. The Kier molecular flexibility index (Phi) is 6.61. The third kappa shape index (κ3) is 4.72. The molecule has 5 nitrogen and oxygen atoms in total. The summed E-state index contributed by atoms with van der Waals surface area (Å²) >= 11 is 0. The van der Waals surface area contributed by atoms with E-state index in [9.17, 15) is 0 Å². The maximum atomic E-state index is 6.42. The molecule has 0 fully saturated rings. The fourth-order valence-corrected chi connectivity index (χ4v) is 6.94. The van der Waals surface area contributed by atoms with Gasteiger partial charge in [0.15, 0.2) is 11.6 Å². The van der Waals surface area contributed by atoms with E-state index in [4.69, 9.17) is 9.83 Å². The molecule has 3 aliphatic rings. The number of benzene rings is 5. The fraction of sp³-hybridized carbons (Fsp3) is 0.0233. The number of aliphatic imine (C=N–C) groups is 1. The SMILES string of the molecule is C=C1N=C2C=CC(c3c4ccccc4c(-c4cc(C5=CC=CNC5)cc(-c5cccnc5)c4)c4ccccc34)=CN2Oc2ccccc21. The van der Waals surface area contributed by atoms with Gasteiger partial charge in [-0.15, -0.1) is 0 Å². The zero-order valence-electron chi connectivity index (χ0n) is 26.1. The van der Waals surface area contributed by atoms with Crippen molar-refractivity contribution in [2.75, 3.05) is 6.54 Å². The Morgan fingerprint density at radius 3 is 2.15 bits per heavy atom. The van der Waals surface area contributed by atoms with Crippen LogP contribution < -0.4 is 10.2 Å². The highest BCUT2D eigenvalue weighted by Gasteiger charge is 2.24. The molecule has 9 rings (SSSR count). The van der Waals surface area contributed by atoms with Crippen molar-refractivity contribution in [1.82, 2.24) is 15.4 Å². The molecular weight excluding hydrogens is 589 g/mol. The third-order valence-corrected chi connectivity index (χ3v) is 9.15. The first-order valence-corrected chi connectivity index (χ1v) is 16.0. The van der Waals surface area contributed by atoms with E-state index in [-0.39, 0.29) is 0 Å². The van der Waals surface area contributed by atoms with Gasteiger partial charge in [-0.2, -0.15) is 5.06 Å². The van der Waals surface area contributed by atoms with E-state index in [2.05, 4.69) is 108 Å². The number of hydrogen-bond acceptors (Lipinski definition) is 5. The number of pyridine rings is 1. The number of aromatic nitrogens is 1. The average molecular weight is 619 g/mol. The van der Waals surface area contributed by atoms with Gasteiger partial charge >= 0.3 is 0 Å². The largest absolute Gasteiger partial charge is 0.387 e. The molecule has 0 atom stereocenters. The molecule has 4 heterocycles. The van der Waals surface area contributed by atoms with Crippen LogP contribution in [0.4, 0.5) is 0 Å². The zero-order chi connectivity index (χ0) is 32.0. The molecule has 0 saturated heterocycles. The minimum atomic E-state index is 0.675. The number of hydrogen-bond donors (Lipinski definition) is 1. The van der Waals surface area contributed by atoms with Crippen molar-refractivity contribution in [3.8, 4) is 28.0 Å². The van der Waals surface area contributed by atoms with Gasteiger partial charge in [0.25, 0.3) is 0 Å². The Hall–Kier alpha value is -6.46. The molecule has 5 heteroatoms. The number of allylic oxidation sites excluding steroid dienone is 4. The Morgan fingerprint density at radius 2 is 1.42 bits per heavy atom. The van der Waals surface area contributed by atoms with E-state index >= 15 is 0 Å². The van der Waals surface area contributed by atoms with E-state index in [1.807, 2.05) is 61.2 Å². The molecule has 0 unspecified atom stereocenters. The second kappa shape index (κ2) is 11.4. The molecule has 48 heavy (non-hydrogen) atoms. The Morgan fingerprint density at radius 1 is 0.708 bits per heavy atom. The minimum Gasteiger partial charge on any atom is -0.387 e. The van der Waals surface area contributed by atoms with E-state index in [0.717, 1.165) is 56.5 Å². The van der Waals surface area contributed by atoms with E-state index in [1.54, 1.807) is 5.06 Å². The number of dihydropyridines is 1. The second-order valence-corrected chi connectivity index (χ2v) is 12.1. The van der Waals surface area contributed by atoms with Gasteiger partial charge in [-0.05, 0) is 116 Å². The van der Waals surface area contributed by atoms with Crippen molar-refractivity contribution >= 4 is 44.2 Å². The maximum absolute atomic E-state index is 6.42. The van der Waals surface area contributed by atoms with Crippen molar-refractivity contribution in [2.24, 2.45) is 4.99 Å². The number of para-hydroxylation sites is 1. The minimum absolute atomic E-state index is 0.675. The summed E-state index contributed by atoms with van der Waals surface area (Å²) in [7, 11) is 0. The topological polar surface area (TPSA) is 49.8 Å². The van der Waals surface area contributed by atoms with Gasteiger partial charge < -0.3 is 10.2 Å². The first-order chi connectivity index (χ1) is 23.7. The maximum Gasteiger partial charge on any atom is 0.169 e. The molecule has 0 saturated carbocycles. The van der Waals surface area contributed by atoms with Crippen LogP contribution in [-0.2, 0) is 0 Å². The van der Waals surface area contributed by atoms with E-state index in [1.165, 1.54) is 27.5 Å². The highest BCUT2D eigenvalue weighted by atomic mass is 16.7. The van der Waals surface area contributed by atoms with Crippen molar-refractivity contribution in [1.29, 1.82) is 0 Å². The standard InChI is InChI=1S/C43H30N4O/c1-28-35-12-6-7-17-40(35)48-47-27-31(18-19-41(47)46-28)42-36-13-2-4-15-38(36)43(39-16-5-3-14-37(39)42)34-23-32(29-10-8-20-44-25-29)22-33(24-34)30-11-9-21-45-26-30/h2-25,27,45H,1,26H2. The lowest BCUT2D eigenvalue weighted by Crippen LogP contribution is -2.29. The van der Waals surface area contributed by atoms with Crippen molar-refractivity contribution < 1.29 is 4.84 Å². The molecule has 5 aromatic carbocycles. The van der Waals surface area contributed by atoms with Gasteiger partial charge in [-0.1, -0.05) is 79.4 Å². The molecule has 0 spiro atoms. The average Bonchev–Trinajstić information content (AvgIpc) is 3.29. The summed E-state index contributed by atoms with van der Waals surface area (Å²) in [5.74, 6) is 1.41. The molecule has 1 N–H and O–H groups in total. The Bertz CT molecular complexity index is 2390. The third-order valence-electron chi connectivity index (χ3n) is 9.15. The molecule has 0 radical (unpaired) electrons. The van der Waals surface area contributed by atoms with Gasteiger partial charge in [0.05, 0.1) is 11.9 Å². The predicted octanol–water partition coefficient (Wildman–Crippen LogP) is 9.81. The molecule has 6 aromatic rings. The van der Waals surface area contributed by atoms with Crippen molar-refractivity contribution in [3.63, 3.8) is 0 Å². The highest BCUT2D eigenvalue weighted by molar-refractivity contribution is 6.20. The Labute approximate surface area is 278 Å². The summed E-state index contributed by atoms with van der Waals surface area (Å²) in [5.41, 5.74) is 10.7. The van der Waals surface area contributed by atoms with Crippen LogP contribution in [0.2, 0.25) is 0 Å². The lowest BCUT2D eigenvalue weighted by atomic mass is 9.84. The summed E-state index contributed by atoms with van der Waals surface area (Å²) in [6.07, 6.45) is 16.2. The molecule has 0 bridgehead atoms. The zero-order valence-corrected chi connectivity index (χ0v) is 26.1. The Balaban J connectivity index is 1.28. The van der Waals surface area contributed by atoms with Gasteiger partial charge in [-0.25, -0.2) is 4.99 Å². The van der Waals surface area contributed by atoms with Crippen LogP contribution in [0.25, 0.3) is 60.6 Å². The molecule has 0 aliphatic carbocycles. The monoisotopic (exact) mass is 618 g/mol. The highest BCUT2D eigenvalue weighted by Crippen LogP contribution is 2.44. The summed E-state index contributed by atoms with van der Waals surface area (Å²) in [5, 5.41) is 9.83. The van der Waals surface area contributed by atoms with Crippen LogP contribution in [0.15, 0.2) is 164 Å². The lowest BCUT2D eigenvalue weighted by Gasteiger charge is -2.25. The molecule has 3 aliphatic heterocycles. The normalized spacial score (nSPS) is 15.1. The number of fused-ring (bicyclic) bond motifs is 4. The summed E-state index contributed by atoms with van der Waals surface area (Å²) < 4.78 is 0. The first kappa shape index (κ1) is 27.8. The number of hydroxylamine groups is 2. The number of nitrogens with zero attached hydrogens (tertiary/aromatic N) is 3. The summed E-state index contributed by atoms with van der Waals surface area (Å²) in [6.45, 7) is 4.98. The van der Waals surface area contributed by atoms with E-state index < -0.39 is 0 Å². The van der Waals surface area contributed by atoms with Gasteiger partial charge in [0.1, 0.15) is 0 Å². The van der Waals surface area contributed by atoms with Crippen LogP contribution in [-0.4, -0.2) is 22.4 Å². The van der Waals surface area contributed by atoms with Crippen LogP contribution in [0.3, 0.4) is 0 Å². The number of amidine groups is 1. The smallest absolute Gasteiger partial charge is 0.169 e. The summed E-state index contributed by atoms with van der Waals surface area (Å²) in [6, 6.07) is 36.3.